The second-order valence-corrected chi connectivity index (χ2v) is 9.22. The highest BCUT2D eigenvalue weighted by Crippen LogP contribution is 2.24. The van der Waals surface area contributed by atoms with Crippen molar-refractivity contribution in [3.63, 3.8) is 0 Å². The number of unbranched alkanes of at least 4 members (excludes halogenated alkanes) is 11. The quantitative estimate of drug-likeness (QED) is 0.173. The van der Waals surface area contributed by atoms with Crippen LogP contribution in [-0.4, -0.2) is 22.0 Å². The lowest BCUT2D eigenvalue weighted by Crippen LogP contribution is -2.25. The van der Waals surface area contributed by atoms with Crippen LogP contribution in [0.15, 0.2) is 48.8 Å². The lowest BCUT2D eigenvalue weighted by Gasteiger charge is -2.14. The van der Waals surface area contributed by atoms with E-state index in [0.717, 1.165) is 23.6 Å². The fourth-order valence-corrected chi connectivity index (χ4v) is 4.26. The Labute approximate surface area is 205 Å². The number of aliphatic carboxylic acids is 1. The normalized spacial score (nSPS) is 12.3. The molecular formula is C29H42N2O3. The number of hydrogen-bond donors (Lipinski definition) is 2. The van der Waals surface area contributed by atoms with E-state index in [-0.39, 0.29) is 12.3 Å². The number of aromatic nitrogens is 1. The van der Waals surface area contributed by atoms with Crippen molar-refractivity contribution < 1.29 is 14.7 Å². The van der Waals surface area contributed by atoms with Gasteiger partial charge in [0.1, 0.15) is 0 Å². The fourth-order valence-electron chi connectivity index (χ4n) is 4.26. The summed E-state index contributed by atoms with van der Waals surface area (Å²) in [6.07, 6.45) is 23.2. The molecule has 1 heterocycles. The summed E-state index contributed by atoms with van der Waals surface area (Å²) in [7, 11) is 0. The zero-order valence-electron chi connectivity index (χ0n) is 20.8. The Bertz CT molecular complexity index is 889. The van der Waals surface area contributed by atoms with Gasteiger partial charge in [0.05, 0.1) is 18.0 Å². The van der Waals surface area contributed by atoms with Crippen LogP contribution in [0, 0.1) is 5.92 Å². The van der Waals surface area contributed by atoms with E-state index in [1.54, 1.807) is 12.4 Å². The minimum absolute atomic E-state index is 0.183. The van der Waals surface area contributed by atoms with Crippen molar-refractivity contribution in [2.75, 3.05) is 5.32 Å². The first-order valence-corrected chi connectivity index (χ1v) is 13.1. The second-order valence-electron chi connectivity index (χ2n) is 9.22. The molecule has 1 aromatic carbocycles. The van der Waals surface area contributed by atoms with Gasteiger partial charge < -0.3 is 10.4 Å². The third kappa shape index (κ3) is 11.0. The summed E-state index contributed by atoms with van der Waals surface area (Å²) in [4.78, 5) is 28.3. The van der Waals surface area contributed by atoms with E-state index in [4.69, 9.17) is 0 Å². The van der Waals surface area contributed by atoms with E-state index >= 15 is 0 Å². The van der Waals surface area contributed by atoms with Crippen LogP contribution in [0.25, 0.3) is 10.8 Å². The number of carbonyl (C=O) groups is 2. The Kier molecular flexibility index (Phi) is 13.7. The van der Waals surface area contributed by atoms with Gasteiger partial charge in [-0.25, -0.2) is 0 Å². The smallest absolute Gasteiger partial charge is 0.304 e. The summed E-state index contributed by atoms with van der Waals surface area (Å²) in [5.74, 6) is -1.82. The van der Waals surface area contributed by atoms with Gasteiger partial charge in [-0.3, -0.25) is 14.6 Å². The van der Waals surface area contributed by atoms with Crippen molar-refractivity contribution in [2.24, 2.45) is 5.92 Å². The number of carboxylic acids is 1. The number of amides is 1. The van der Waals surface area contributed by atoms with E-state index in [0.29, 0.717) is 12.1 Å². The first-order valence-electron chi connectivity index (χ1n) is 13.1. The zero-order valence-corrected chi connectivity index (χ0v) is 20.8. The molecule has 2 aromatic rings. The number of nitrogens with one attached hydrogen (secondary N) is 1. The number of benzene rings is 1. The van der Waals surface area contributed by atoms with Crippen molar-refractivity contribution in [3.05, 3.63) is 48.8 Å². The molecule has 2 N–H and O–H groups in total. The molecule has 0 spiro atoms. The molecule has 0 unspecified atom stereocenters. The van der Waals surface area contributed by atoms with Crippen molar-refractivity contribution in [1.82, 2.24) is 4.98 Å². The third-order valence-electron chi connectivity index (χ3n) is 6.29. The molecule has 34 heavy (non-hydrogen) atoms. The topological polar surface area (TPSA) is 79.3 Å². The molecule has 186 valence electrons. The lowest BCUT2D eigenvalue weighted by atomic mass is 9.99. The Balaban J connectivity index is 1.67. The maximum absolute atomic E-state index is 12.8. The van der Waals surface area contributed by atoms with Gasteiger partial charge in [-0.1, -0.05) is 95.4 Å². The third-order valence-corrected chi connectivity index (χ3v) is 6.29. The van der Waals surface area contributed by atoms with Gasteiger partial charge in [-0.2, -0.15) is 0 Å². The number of nitrogens with zero attached hydrogens (tertiary/aromatic N) is 1. The molecule has 0 bridgehead atoms. The molecule has 0 saturated carbocycles. The summed E-state index contributed by atoms with van der Waals surface area (Å²) in [5, 5.41) is 14.0. The maximum atomic E-state index is 12.8. The van der Waals surface area contributed by atoms with Crippen LogP contribution in [0.5, 0.6) is 0 Å². The van der Waals surface area contributed by atoms with Crippen LogP contribution in [0.1, 0.15) is 96.8 Å². The van der Waals surface area contributed by atoms with Crippen LogP contribution < -0.4 is 5.32 Å². The number of pyridine rings is 1. The Morgan fingerprint density at radius 2 is 1.62 bits per heavy atom. The predicted octanol–water partition coefficient (Wildman–Crippen LogP) is 7.91. The van der Waals surface area contributed by atoms with Crippen LogP contribution in [0.4, 0.5) is 5.69 Å². The maximum Gasteiger partial charge on any atom is 0.304 e. The fraction of sp³-hybridized carbons (Fsp3) is 0.552. The van der Waals surface area contributed by atoms with Crippen LogP contribution in [0.3, 0.4) is 0 Å². The molecule has 0 radical (unpaired) electrons. The molecular weight excluding hydrogens is 424 g/mol. The van der Waals surface area contributed by atoms with Crippen molar-refractivity contribution in [3.8, 4) is 0 Å². The van der Waals surface area contributed by atoms with Crippen molar-refractivity contribution in [1.29, 1.82) is 0 Å². The second kappa shape index (κ2) is 16.9. The standard InChI is InChI=1S/C29H42N2O3/c1-2-3-4-5-6-7-8-9-10-11-12-13-14-15-17-25(22-28(32)33)29(34)31-27-19-16-18-24-20-21-30-23-26(24)27/h14-16,18-21,23,25H,2-13,17,22H2,1H3,(H,31,34)(H,32,33)/b15-14-/t25-/m0/s1. The molecule has 0 saturated heterocycles. The minimum Gasteiger partial charge on any atom is -0.481 e. The molecule has 0 aliphatic rings. The number of allylic oxidation sites excluding steroid dienone is 2. The van der Waals surface area contributed by atoms with Crippen LogP contribution in [0.2, 0.25) is 0 Å². The van der Waals surface area contributed by atoms with Crippen molar-refractivity contribution >= 4 is 28.3 Å². The number of hydrogen-bond acceptors (Lipinski definition) is 3. The first-order chi connectivity index (χ1) is 16.6. The van der Waals surface area contributed by atoms with Crippen LogP contribution >= 0.6 is 0 Å². The number of carboxylic acid groups (broad SMARTS) is 1. The molecule has 5 heteroatoms. The molecule has 1 atom stereocenters. The highest BCUT2D eigenvalue weighted by molar-refractivity contribution is 6.03. The number of anilines is 1. The van der Waals surface area contributed by atoms with Gasteiger partial charge in [0.2, 0.25) is 5.91 Å². The van der Waals surface area contributed by atoms with E-state index in [9.17, 15) is 14.7 Å². The number of rotatable bonds is 18. The predicted molar refractivity (Wildman–Crippen MR) is 141 cm³/mol. The molecule has 5 nitrogen and oxygen atoms in total. The highest BCUT2D eigenvalue weighted by atomic mass is 16.4. The summed E-state index contributed by atoms with van der Waals surface area (Å²) < 4.78 is 0. The van der Waals surface area contributed by atoms with E-state index in [1.807, 2.05) is 30.3 Å². The van der Waals surface area contributed by atoms with Gasteiger partial charge in [0, 0.05) is 17.8 Å². The Morgan fingerprint density at radius 3 is 2.29 bits per heavy atom. The van der Waals surface area contributed by atoms with Crippen LogP contribution in [-0.2, 0) is 9.59 Å². The zero-order chi connectivity index (χ0) is 24.4. The summed E-state index contributed by atoms with van der Waals surface area (Å²) >= 11 is 0. The molecule has 0 fully saturated rings. The summed E-state index contributed by atoms with van der Waals surface area (Å²) in [6, 6.07) is 7.54. The first kappa shape index (κ1) is 27.6. The lowest BCUT2D eigenvalue weighted by molar-refractivity contribution is -0.140. The minimum atomic E-state index is -0.960. The van der Waals surface area contributed by atoms with Gasteiger partial charge in [-0.05, 0) is 36.8 Å². The van der Waals surface area contributed by atoms with Gasteiger partial charge in [-0.15, -0.1) is 0 Å². The Hall–Kier alpha value is -2.69. The molecule has 1 amide bonds. The molecule has 2 rings (SSSR count). The highest BCUT2D eigenvalue weighted by Gasteiger charge is 2.21. The van der Waals surface area contributed by atoms with Gasteiger partial charge in [0.15, 0.2) is 0 Å². The van der Waals surface area contributed by atoms with E-state index in [2.05, 4.69) is 23.3 Å². The number of carbonyl (C=O) groups excluding carboxylic acids is 1. The molecule has 0 aliphatic carbocycles. The summed E-state index contributed by atoms with van der Waals surface area (Å²) in [6.45, 7) is 2.26. The number of fused-ring (bicyclic) bond motifs is 1. The van der Waals surface area contributed by atoms with E-state index in [1.165, 1.54) is 64.2 Å². The average Bonchev–Trinajstić information content (AvgIpc) is 2.83. The monoisotopic (exact) mass is 466 g/mol. The van der Waals surface area contributed by atoms with E-state index < -0.39 is 11.9 Å². The van der Waals surface area contributed by atoms with Crippen molar-refractivity contribution in [2.45, 2.75) is 96.8 Å². The SMILES string of the molecule is CCCCCCCCCCCCC/C=C\C[C@@H](CC(=O)O)C(=O)Nc1cccc2ccncc12. The molecule has 0 aliphatic heterocycles. The average molecular weight is 467 g/mol. The van der Waals surface area contributed by atoms with Gasteiger partial charge in [0.25, 0.3) is 0 Å². The van der Waals surface area contributed by atoms with Gasteiger partial charge >= 0.3 is 5.97 Å². The Morgan fingerprint density at radius 1 is 0.941 bits per heavy atom. The largest absolute Gasteiger partial charge is 0.481 e. The molecule has 1 aromatic heterocycles. The summed E-state index contributed by atoms with van der Waals surface area (Å²) in [5.41, 5.74) is 0.663.